The molecule has 154 valence electrons. The van der Waals surface area contributed by atoms with E-state index in [0.29, 0.717) is 0 Å². The molecule has 9 heteroatoms. The van der Waals surface area contributed by atoms with Gasteiger partial charge in [0.25, 0.3) is 0 Å². The first-order valence-corrected chi connectivity index (χ1v) is 9.04. The second-order valence-corrected chi connectivity index (χ2v) is 6.98. The van der Waals surface area contributed by atoms with Crippen LogP contribution in [0.2, 0.25) is 0 Å². The van der Waals surface area contributed by atoms with Gasteiger partial charge in [0, 0.05) is 59.8 Å². The van der Waals surface area contributed by atoms with Gasteiger partial charge in [-0.05, 0) is 25.8 Å². The molecule has 3 aromatic rings. The Kier molecular flexibility index (Phi) is 5.50. The maximum absolute atomic E-state index is 10.6. The molecule has 2 aromatic heterocycles. The predicted octanol–water partition coefficient (Wildman–Crippen LogP) is 3.95. The zero-order chi connectivity index (χ0) is 21.3. The highest BCUT2D eigenvalue weighted by molar-refractivity contribution is 6.12. The zero-order valence-electron chi connectivity index (χ0n) is 16.0. The number of imidazole rings is 1. The predicted molar refractivity (Wildman–Crippen MR) is 102 cm³/mol. The summed E-state index contributed by atoms with van der Waals surface area (Å²) in [4.78, 5) is 13.2. The highest BCUT2D eigenvalue weighted by Gasteiger charge is 2.38. The minimum Gasteiger partial charge on any atom is -0.475 e. The van der Waals surface area contributed by atoms with Crippen LogP contribution in [0.25, 0.3) is 10.9 Å². The summed E-state index contributed by atoms with van der Waals surface area (Å²) in [5.74, 6) is -1.46. The molecule has 0 bridgehead atoms. The van der Waals surface area contributed by atoms with E-state index in [1.807, 2.05) is 19.3 Å². The van der Waals surface area contributed by atoms with Crippen LogP contribution in [0, 0.1) is 18.3 Å². The molecule has 1 aromatic carbocycles. The van der Waals surface area contributed by atoms with Gasteiger partial charge >= 0.3 is 12.1 Å². The van der Waals surface area contributed by atoms with Crippen molar-refractivity contribution in [2.45, 2.75) is 32.5 Å². The quantitative estimate of drug-likeness (QED) is 0.676. The fourth-order valence-electron chi connectivity index (χ4n) is 3.72. The molecule has 1 aliphatic rings. The third-order valence-electron chi connectivity index (χ3n) is 5.22. The number of carboxylic acids is 1. The van der Waals surface area contributed by atoms with Crippen molar-refractivity contribution in [2.75, 3.05) is 0 Å². The summed E-state index contributed by atoms with van der Waals surface area (Å²) in [6.45, 7) is 2.88. The molecule has 0 amide bonds. The molecule has 0 saturated carbocycles. The summed E-state index contributed by atoms with van der Waals surface area (Å²) in [7, 11) is 2.12. The van der Waals surface area contributed by atoms with Gasteiger partial charge < -0.3 is 19.7 Å². The average molecular weight is 406 g/mol. The van der Waals surface area contributed by atoms with Crippen LogP contribution >= 0.6 is 0 Å². The van der Waals surface area contributed by atoms with Crippen LogP contribution in [-0.4, -0.2) is 37.1 Å². The van der Waals surface area contributed by atoms with Crippen molar-refractivity contribution in [3.8, 4) is 0 Å². The topological polar surface area (TPSA) is 83.9 Å². The van der Waals surface area contributed by atoms with Crippen molar-refractivity contribution in [2.24, 2.45) is 13.0 Å². The third kappa shape index (κ3) is 4.03. The standard InChI is InChI=1S/C18H20N4.C2HF3O2/c1-12-20-9-10-22(12)11-13-7-8-16-17(18(13)19)14-5-3-4-6-15(14)21(16)2;3-2(4,5)1(6)7/h3-6,9-10,13,19H,7-8,11H2,1-2H3;(H,6,7). The SMILES string of the molecule is Cc1nccn1CC1CCc2c(c3ccccc3n2C)C1=N.O=C(O)C(F)(F)F. The van der Waals surface area contributed by atoms with E-state index >= 15 is 0 Å². The van der Waals surface area contributed by atoms with E-state index in [0.717, 1.165) is 36.5 Å². The Morgan fingerprint density at radius 1 is 1.34 bits per heavy atom. The lowest BCUT2D eigenvalue weighted by molar-refractivity contribution is -0.192. The third-order valence-corrected chi connectivity index (χ3v) is 5.22. The Labute approximate surface area is 165 Å². The molecule has 0 radical (unpaired) electrons. The number of hydrogen-bond donors (Lipinski definition) is 2. The molecule has 1 atom stereocenters. The second kappa shape index (κ2) is 7.73. The monoisotopic (exact) mass is 406 g/mol. The van der Waals surface area contributed by atoms with E-state index in [-0.39, 0.29) is 5.92 Å². The maximum Gasteiger partial charge on any atom is 0.490 e. The number of carboxylic acid groups (broad SMARTS) is 1. The number of nitrogens with zero attached hydrogens (tertiary/aromatic N) is 3. The fourth-order valence-corrected chi connectivity index (χ4v) is 3.72. The number of aliphatic carboxylic acids is 1. The molecule has 0 fully saturated rings. The molecule has 6 nitrogen and oxygen atoms in total. The number of alkyl halides is 3. The molecule has 4 rings (SSSR count). The number of para-hydroxylation sites is 1. The first kappa shape index (κ1) is 20.6. The van der Waals surface area contributed by atoms with Crippen molar-refractivity contribution >= 4 is 22.6 Å². The lowest BCUT2D eigenvalue weighted by Gasteiger charge is -2.25. The molecule has 1 aliphatic carbocycles. The minimum atomic E-state index is -5.08. The van der Waals surface area contributed by atoms with Gasteiger partial charge in [-0.15, -0.1) is 0 Å². The van der Waals surface area contributed by atoms with E-state index in [2.05, 4.69) is 45.4 Å². The van der Waals surface area contributed by atoms with Crippen LogP contribution in [0.5, 0.6) is 0 Å². The van der Waals surface area contributed by atoms with Gasteiger partial charge in [0.15, 0.2) is 0 Å². The van der Waals surface area contributed by atoms with Gasteiger partial charge in [-0.3, -0.25) is 0 Å². The van der Waals surface area contributed by atoms with E-state index in [1.54, 1.807) is 0 Å². The lowest BCUT2D eigenvalue weighted by atomic mass is 9.84. The molecule has 29 heavy (non-hydrogen) atoms. The van der Waals surface area contributed by atoms with Crippen molar-refractivity contribution in [1.29, 1.82) is 5.41 Å². The van der Waals surface area contributed by atoms with Crippen LogP contribution in [0.1, 0.15) is 23.5 Å². The van der Waals surface area contributed by atoms with Gasteiger partial charge in [-0.25, -0.2) is 9.78 Å². The van der Waals surface area contributed by atoms with Crippen molar-refractivity contribution in [1.82, 2.24) is 14.1 Å². The molecule has 0 saturated heterocycles. The van der Waals surface area contributed by atoms with E-state index in [9.17, 15) is 13.2 Å². The summed E-state index contributed by atoms with van der Waals surface area (Å²) < 4.78 is 36.2. The molecule has 1 unspecified atom stereocenters. The molecular formula is C20H21F3N4O2. The van der Waals surface area contributed by atoms with Gasteiger partial charge in [0.05, 0.1) is 0 Å². The Bertz CT molecular complexity index is 1070. The molecule has 2 heterocycles. The van der Waals surface area contributed by atoms with E-state index < -0.39 is 12.1 Å². The Morgan fingerprint density at radius 2 is 2.00 bits per heavy atom. The summed E-state index contributed by atoms with van der Waals surface area (Å²) >= 11 is 0. The number of carbonyl (C=O) groups is 1. The van der Waals surface area contributed by atoms with Crippen molar-refractivity contribution in [3.05, 3.63) is 53.7 Å². The zero-order valence-corrected chi connectivity index (χ0v) is 16.0. The molecular weight excluding hydrogens is 385 g/mol. The summed E-state index contributed by atoms with van der Waals surface area (Å²) in [5.41, 5.74) is 4.49. The van der Waals surface area contributed by atoms with Crippen LogP contribution in [-0.2, 0) is 24.8 Å². The molecule has 0 aliphatic heterocycles. The Balaban J connectivity index is 0.000000298. The van der Waals surface area contributed by atoms with Gasteiger partial charge in [-0.1, -0.05) is 18.2 Å². The first-order chi connectivity index (χ1) is 13.6. The minimum absolute atomic E-state index is 0.270. The van der Waals surface area contributed by atoms with Crippen LogP contribution in [0.4, 0.5) is 13.2 Å². The fraction of sp³-hybridized carbons (Fsp3) is 0.350. The van der Waals surface area contributed by atoms with Gasteiger partial charge in [-0.2, -0.15) is 13.2 Å². The second-order valence-electron chi connectivity index (χ2n) is 6.98. The normalized spacial score (nSPS) is 16.3. The molecule has 0 spiro atoms. The van der Waals surface area contributed by atoms with Gasteiger partial charge in [0.2, 0.25) is 0 Å². The number of hydrogen-bond acceptors (Lipinski definition) is 3. The van der Waals surface area contributed by atoms with Crippen LogP contribution in [0.3, 0.4) is 0 Å². The summed E-state index contributed by atoms with van der Waals surface area (Å²) in [6, 6.07) is 8.44. The number of aryl methyl sites for hydroxylation is 2. The number of fused-ring (bicyclic) bond motifs is 3. The lowest BCUT2D eigenvalue weighted by Crippen LogP contribution is -2.27. The number of rotatable bonds is 2. The van der Waals surface area contributed by atoms with E-state index in [4.69, 9.17) is 15.3 Å². The summed E-state index contributed by atoms with van der Waals surface area (Å²) in [6.07, 6.45) is 0.848. The van der Waals surface area contributed by atoms with E-state index in [1.165, 1.54) is 16.6 Å². The average Bonchev–Trinajstić information content (AvgIpc) is 3.19. The first-order valence-electron chi connectivity index (χ1n) is 9.04. The number of aromatic nitrogens is 3. The molecule has 2 N–H and O–H groups in total. The summed E-state index contributed by atoms with van der Waals surface area (Å²) in [5, 5.41) is 17.1. The highest BCUT2D eigenvalue weighted by atomic mass is 19.4. The highest BCUT2D eigenvalue weighted by Crippen LogP contribution is 2.34. The largest absolute Gasteiger partial charge is 0.490 e. The van der Waals surface area contributed by atoms with Crippen LogP contribution < -0.4 is 0 Å². The maximum atomic E-state index is 10.6. The number of benzene rings is 1. The Morgan fingerprint density at radius 3 is 2.59 bits per heavy atom. The number of nitrogens with one attached hydrogen (secondary N) is 1. The van der Waals surface area contributed by atoms with Crippen LogP contribution in [0.15, 0.2) is 36.7 Å². The number of halogens is 3. The smallest absolute Gasteiger partial charge is 0.475 e. The van der Waals surface area contributed by atoms with Crippen molar-refractivity contribution < 1.29 is 23.1 Å². The van der Waals surface area contributed by atoms with Crippen molar-refractivity contribution in [3.63, 3.8) is 0 Å². The van der Waals surface area contributed by atoms with Gasteiger partial charge in [0.1, 0.15) is 5.82 Å². The Hall–Kier alpha value is -3.10.